The quantitative estimate of drug-likeness (QED) is 0.659. The van der Waals surface area contributed by atoms with Crippen LogP contribution >= 0.6 is 0 Å². The Bertz CT molecular complexity index is 298. The van der Waals surface area contributed by atoms with Crippen LogP contribution in [0.15, 0.2) is 0 Å². The Morgan fingerprint density at radius 2 is 1.89 bits per heavy atom. The van der Waals surface area contributed by atoms with Crippen molar-refractivity contribution in [2.45, 2.75) is 45.8 Å². The molecule has 18 heavy (non-hydrogen) atoms. The molecule has 1 rings (SSSR count). The standard InChI is InChI=1S/C12H24N4O2/c1-5-13-12(18)15-11(17)10(4)16-6-8(2)14-9(3)7-16/h8-10,14H,5-7H2,1-4H3,(H2,13,15,17,18). The number of piperazine rings is 1. The number of amides is 3. The van der Waals surface area contributed by atoms with Gasteiger partial charge in [0, 0.05) is 31.7 Å². The van der Waals surface area contributed by atoms with Gasteiger partial charge in [-0.25, -0.2) is 4.79 Å². The van der Waals surface area contributed by atoms with Crippen molar-refractivity contribution in [1.29, 1.82) is 0 Å². The summed E-state index contributed by atoms with van der Waals surface area (Å²) in [6, 6.07) is -0.00729. The highest BCUT2D eigenvalue weighted by atomic mass is 16.2. The summed E-state index contributed by atoms with van der Waals surface area (Å²) in [4.78, 5) is 25.3. The highest BCUT2D eigenvalue weighted by molar-refractivity contribution is 5.96. The average Bonchev–Trinajstić information content (AvgIpc) is 2.26. The molecule has 0 saturated carbocycles. The zero-order valence-electron chi connectivity index (χ0n) is 11.6. The van der Waals surface area contributed by atoms with Gasteiger partial charge < -0.3 is 10.6 Å². The van der Waals surface area contributed by atoms with E-state index >= 15 is 0 Å². The number of rotatable bonds is 3. The highest BCUT2D eigenvalue weighted by Gasteiger charge is 2.28. The molecule has 3 N–H and O–H groups in total. The summed E-state index contributed by atoms with van der Waals surface area (Å²) in [6.45, 7) is 9.97. The molecule has 0 aromatic carbocycles. The predicted molar refractivity (Wildman–Crippen MR) is 70.3 cm³/mol. The van der Waals surface area contributed by atoms with E-state index in [2.05, 4.69) is 34.7 Å². The molecule has 1 aliphatic heterocycles. The van der Waals surface area contributed by atoms with Gasteiger partial charge in [-0.15, -0.1) is 0 Å². The Labute approximate surface area is 108 Å². The van der Waals surface area contributed by atoms with Gasteiger partial charge >= 0.3 is 6.03 Å². The normalized spacial score (nSPS) is 26.4. The number of nitrogens with zero attached hydrogens (tertiary/aromatic N) is 1. The van der Waals surface area contributed by atoms with Crippen LogP contribution in [0.1, 0.15) is 27.7 Å². The third kappa shape index (κ3) is 4.27. The van der Waals surface area contributed by atoms with Crippen molar-refractivity contribution < 1.29 is 9.59 Å². The van der Waals surface area contributed by atoms with Crippen LogP contribution in [0.2, 0.25) is 0 Å². The van der Waals surface area contributed by atoms with E-state index in [1.807, 2.05) is 13.8 Å². The number of hydrogen-bond acceptors (Lipinski definition) is 4. The van der Waals surface area contributed by atoms with Gasteiger partial charge in [0.1, 0.15) is 0 Å². The molecule has 1 heterocycles. The number of hydrogen-bond donors (Lipinski definition) is 3. The second kappa shape index (κ2) is 6.70. The molecule has 1 aliphatic rings. The summed E-state index contributed by atoms with van der Waals surface area (Å²) in [5, 5.41) is 8.32. The first-order valence-corrected chi connectivity index (χ1v) is 6.52. The highest BCUT2D eigenvalue weighted by Crippen LogP contribution is 2.08. The summed E-state index contributed by atoms with van der Waals surface area (Å²) in [5.74, 6) is -0.248. The number of carbonyl (C=O) groups excluding carboxylic acids is 2. The number of urea groups is 1. The van der Waals surface area contributed by atoms with Crippen molar-refractivity contribution in [3.8, 4) is 0 Å². The second-order valence-electron chi connectivity index (χ2n) is 4.95. The Morgan fingerprint density at radius 3 is 2.39 bits per heavy atom. The lowest BCUT2D eigenvalue weighted by atomic mass is 10.1. The summed E-state index contributed by atoms with van der Waals surface area (Å²) in [7, 11) is 0. The van der Waals surface area contributed by atoms with E-state index < -0.39 is 6.03 Å². The predicted octanol–water partition coefficient (Wildman–Crippen LogP) is -0.0972. The molecule has 0 radical (unpaired) electrons. The lowest BCUT2D eigenvalue weighted by molar-refractivity contribution is -0.125. The fraction of sp³-hybridized carbons (Fsp3) is 0.833. The minimum atomic E-state index is -0.425. The van der Waals surface area contributed by atoms with Gasteiger partial charge in [0.05, 0.1) is 6.04 Å². The summed E-state index contributed by atoms with van der Waals surface area (Å²) in [6.07, 6.45) is 0. The lowest BCUT2D eigenvalue weighted by Gasteiger charge is -2.38. The Hall–Kier alpha value is -1.14. The van der Waals surface area contributed by atoms with E-state index in [-0.39, 0.29) is 11.9 Å². The molecule has 0 spiro atoms. The van der Waals surface area contributed by atoms with E-state index in [4.69, 9.17) is 0 Å². The Kier molecular flexibility index (Phi) is 5.55. The molecule has 1 saturated heterocycles. The van der Waals surface area contributed by atoms with E-state index in [1.54, 1.807) is 0 Å². The van der Waals surface area contributed by atoms with Crippen molar-refractivity contribution >= 4 is 11.9 Å². The minimum absolute atomic E-state index is 0.248. The maximum absolute atomic E-state index is 11.9. The lowest BCUT2D eigenvalue weighted by Crippen LogP contribution is -2.60. The number of carbonyl (C=O) groups is 2. The van der Waals surface area contributed by atoms with Crippen LogP contribution in [0.25, 0.3) is 0 Å². The molecule has 3 amide bonds. The van der Waals surface area contributed by atoms with Gasteiger partial charge in [0.2, 0.25) is 5.91 Å². The van der Waals surface area contributed by atoms with Crippen molar-refractivity contribution in [3.63, 3.8) is 0 Å². The topological polar surface area (TPSA) is 73.5 Å². The SMILES string of the molecule is CCNC(=O)NC(=O)C(C)N1CC(C)NC(C)C1. The first-order chi connectivity index (χ1) is 8.43. The van der Waals surface area contributed by atoms with Gasteiger partial charge in [0.25, 0.3) is 0 Å². The van der Waals surface area contributed by atoms with Crippen LogP contribution in [0.3, 0.4) is 0 Å². The molecular formula is C12H24N4O2. The monoisotopic (exact) mass is 256 g/mol. The van der Waals surface area contributed by atoms with Crippen LogP contribution in [-0.2, 0) is 4.79 Å². The van der Waals surface area contributed by atoms with Crippen LogP contribution in [0, 0.1) is 0 Å². The largest absolute Gasteiger partial charge is 0.338 e. The molecule has 3 unspecified atom stereocenters. The molecule has 104 valence electrons. The molecule has 1 fully saturated rings. The van der Waals surface area contributed by atoms with Crippen molar-refractivity contribution in [3.05, 3.63) is 0 Å². The van der Waals surface area contributed by atoms with Crippen molar-refractivity contribution in [2.24, 2.45) is 0 Å². The van der Waals surface area contributed by atoms with Crippen LogP contribution in [0.4, 0.5) is 4.79 Å². The average molecular weight is 256 g/mol. The zero-order chi connectivity index (χ0) is 13.7. The molecule has 0 bridgehead atoms. The molecule has 0 aliphatic carbocycles. The van der Waals surface area contributed by atoms with Crippen LogP contribution in [0.5, 0.6) is 0 Å². The summed E-state index contributed by atoms with van der Waals surface area (Å²) in [5.41, 5.74) is 0. The first kappa shape index (κ1) is 14.9. The van der Waals surface area contributed by atoms with Crippen LogP contribution < -0.4 is 16.0 Å². The fourth-order valence-electron chi connectivity index (χ4n) is 2.27. The van der Waals surface area contributed by atoms with Crippen molar-refractivity contribution in [1.82, 2.24) is 20.9 Å². The summed E-state index contributed by atoms with van der Waals surface area (Å²) >= 11 is 0. The van der Waals surface area contributed by atoms with Crippen LogP contribution in [-0.4, -0.2) is 54.6 Å². The van der Waals surface area contributed by atoms with Gasteiger partial charge in [-0.3, -0.25) is 15.0 Å². The molecule has 0 aromatic heterocycles. The Morgan fingerprint density at radius 1 is 1.33 bits per heavy atom. The maximum Gasteiger partial charge on any atom is 0.321 e. The molecular weight excluding hydrogens is 232 g/mol. The molecule has 3 atom stereocenters. The molecule has 0 aromatic rings. The van der Waals surface area contributed by atoms with Crippen molar-refractivity contribution in [2.75, 3.05) is 19.6 Å². The third-order valence-electron chi connectivity index (χ3n) is 3.09. The summed E-state index contributed by atoms with van der Waals surface area (Å²) < 4.78 is 0. The zero-order valence-corrected chi connectivity index (χ0v) is 11.6. The fourth-order valence-corrected chi connectivity index (χ4v) is 2.27. The molecule has 6 nitrogen and oxygen atoms in total. The number of nitrogens with one attached hydrogen (secondary N) is 3. The molecule has 6 heteroatoms. The maximum atomic E-state index is 11.9. The first-order valence-electron chi connectivity index (χ1n) is 6.52. The van der Waals surface area contributed by atoms with Gasteiger partial charge in [0.15, 0.2) is 0 Å². The van der Waals surface area contributed by atoms with Gasteiger partial charge in [-0.05, 0) is 27.7 Å². The van der Waals surface area contributed by atoms with E-state index in [9.17, 15) is 9.59 Å². The number of imide groups is 1. The van der Waals surface area contributed by atoms with E-state index in [0.29, 0.717) is 18.6 Å². The second-order valence-corrected chi connectivity index (χ2v) is 4.95. The van der Waals surface area contributed by atoms with E-state index in [1.165, 1.54) is 0 Å². The minimum Gasteiger partial charge on any atom is -0.338 e. The Balaban J connectivity index is 2.49. The third-order valence-corrected chi connectivity index (χ3v) is 3.09. The van der Waals surface area contributed by atoms with Gasteiger partial charge in [-0.2, -0.15) is 0 Å². The van der Waals surface area contributed by atoms with E-state index in [0.717, 1.165) is 13.1 Å². The smallest absolute Gasteiger partial charge is 0.321 e. The van der Waals surface area contributed by atoms with Gasteiger partial charge in [-0.1, -0.05) is 0 Å².